The lowest BCUT2D eigenvalue weighted by Gasteiger charge is -2.05. The van der Waals surface area contributed by atoms with E-state index in [2.05, 4.69) is 4.74 Å². The molecule has 7 heteroatoms. The SMILES string of the molecule is COC(=O)c1ccc(COC(=O)c2cccc(Cl)c2Cl)o1. The highest BCUT2D eigenvalue weighted by Gasteiger charge is 2.16. The Balaban J connectivity index is 2.03. The first-order chi connectivity index (χ1) is 10.0. The van der Waals surface area contributed by atoms with Gasteiger partial charge in [0.1, 0.15) is 12.4 Å². The first kappa shape index (κ1) is 15.4. The van der Waals surface area contributed by atoms with Gasteiger partial charge in [0.25, 0.3) is 0 Å². The summed E-state index contributed by atoms with van der Waals surface area (Å²) in [5, 5.41) is 0.385. The van der Waals surface area contributed by atoms with Crippen LogP contribution in [0.25, 0.3) is 0 Å². The van der Waals surface area contributed by atoms with E-state index in [0.717, 1.165) is 0 Å². The Labute approximate surface area is 130 Å². The van der Waals surface area contributed by atoms with Crippen LogP contribution in [0.4, 0.5) is 0 Å². The summed E-state index contributed by atoms with van der Waals surface area (Å²) < 4.78 is 14.7. The van der Waals surface area contributed by atoms with Gasteiger partial charge < -0.3 is 13.9 Å². The number of hydrogen-bond acceptors (Lipinski definition) is 5. The summed E-state index contributed by atoms with van der Waals surface area (Å²) in [7, 11) is 1.24. The van der Waals surface area contributed by atoms with E-state index in [0.29, 0.717) is 5.76 Å². The Morgan fingerprint density at radius 1 is 1.14 bits per heavy atom. The molecule has 0 radical (unpaired) electrons. The molecule has 1 aromatic heterocycles. The molecule has 0 amide bonds. The van der Waals surface area contributed by atoms with Gasteiger partial charge in [-0.15, -0.1) is 0 Å². The number of furan rings is 1. The second-order valence-corrected chi connectivity index (χ2v) is 4.72. The van der Waals surface area contributed by atoms with Gasteiger partial charge in [-0.1, -0.05) is 29.3 Å². The topological polar surface area (TPSA) is 65.7 Å². The van der Waals surface area contributed by atoms with E-state index in [9.17, 15) is 9.59 Å². The van der Waals surface area contributed by atoms with E-state index in [-0.39, 0.29) is 28.0 Å². The van der Waals surface area contributed by atoms with Crippen LogP contribution in [0.1, 0.15) is 26.7 Å². The molecule has 0 spiro atoms. The van der Waals surface area contributed by atoms with Gasteiger partial charge in [0.05, 0.1) is 22.7 Å². The van der Waals surface area contributed by atoms with Crippen LogP contribution in [0, 0.1) is 0 Å². The van der Waals surface area contributed by atoms with Crippen molar-refractivity contribution in [2.75, 3.05) is 7.11 Å². The average Bonchev–Trinajstić information content (AvgIpc) is 2.95. The first-order valence-electron chi connectivity index (χ1n) is 5.81. The minimum absolute atomic E-state index is 0.0318. The Morgan fingerprint density at radius 2 is 1.90 bits per heavy atom. The largest absolute Gasteiger partial charge is 0.463 e. The summed E-state index contributed by atoms with van der Waals surface area (Å²) in [4.78, 5) is 23.1. The van der Waals surface area contributed by atoms with Gasteiger partial charge in [0.15, 0.2) is 0 Å². The summed E-state index contributed by atoms with van der Waals surface area (Å²) in [6, 6.07) is 7.60. The van der Waals surface area contributed by atoms with Crippen LogP contribution in [0.3, 0.4) is 0 Å². The van der Waals surface area contributed by atoms with E-state index in [1.165, 1.54) is 25.3 Å². The molecule has 2 aromatic rings. The van der Waals surface area contributed by atoms with E-state index in [1.807, 2.05) is 0 Å². The Kier molecular flexibility index (Phi) is 4.88. The summed E-state index contributed by atoms with van der Waals surface area (Å²) >= 11 is 11.7. The molecule has 0 aliphatic rings. The number of esters is 2. The number of carbonyl (C=O) groups is 2. The summed E-state index contributed by atoms with van der Waals surface area (Å²) in [5.74, 6) is -0.907. The van der Waals surface area contributed by atoms with Crippen molar-refractivity contribution in [1.82, 2.24) is 0 Å². The average molecular weight is 329 g/mol. The van der Waals surface area contributed by atoms with Crippen LogP contribution >= 0.6 is 23.2 Å². The minimum atomic E-state index is -0.640. The standard InChI is InChI=1S/C14H10Cl2O5/c1-19-14(18)11-6-5-8(21-11)7-20-13(17)9-3-2-4-10(15)12(9)16/h2-6H,7H2,1H3. The monoisotopic (exact) mass is 328 g/mol. The lowest BCUT2D eigenvalue weighted by Crippen LogP contribution is -2.05. The lowest BCUT2D eigenvalue weighted by atomic mass is 10.2. The van der Waals surface area contributed by atoms with Gasteiger partial charge >= 0.3 is 11.9 Å². The summed E-state index contributed by atoms with van der Waals surface area (Å²) in [6.07, 6.45) is 0. The number of benzene rings is 1. The number of carbonyl (C=O) groups excluding carboxylic acids is 2. The third kappa shape index (κ3) is 3.56. The molecule has 0 unspecified atom stereocenters. The first-order valence-corrected chi connectivity index (χ1v) is 6.56. The van der Waals surface area contributed by atoms with Crippen molar-refractivity contribution in [2.24, 2.45) is 0 Å². The van der Waals surface area contributed by atoms with Crippen molar-refractivity contribution in [3.63, 3.8) is 0 Å². The predicted molar refractivity (Wildman–Crippen MR) is 75.6 cm³/mol. The van der Waals surface area contributed by atoms with E-state index in [4.69, 9.17) is 32.4 Å². The fraction of sp³-hybridized carbons (Fsp3) is 0.143. The van der Waals surface area contributed by atoms with Crippen LogP contribution in [0.2, 0.25) is 10.0 Å². The molecule has 1 aromatic carbocycles. The van der Waals surface area contributed by atoms with Gasteiger partial charge in [0.2, 0.25) is 5.76 Å². The fourth-order valence-electron chi connectivity index (χ4n) is 1.54. The fourth-order valence-corrected chi connectivity index (χ4v) is 1.92. The normalized spacial score (nSPS) is 10.2. The van der Waals surface area contributed by atoms with Crippen LogP contribution < -0.4 is 0 Å². The lowest BCUT2D eigenvalue weighted by molar-refractivity contribution is 0.0438. The zero-order chi connectivity index (χ0) is 15.4. The van der Waals surface area contributed by atoms with E-state index in [1.54, 1.807) is 12.1 Å². The van der Waals surface area contributed by atoms with Crippen LogP contribution in [0.5, 0.6) is 0 Å². The van der Waals surface area contributed by atoms with Crippen molar-refractivity contribution in [2.45, 2.75) is 6.61 Å². The predicted octanol–water partition coefficient (Wildman–Crippen LogP) is 3.73. The van der Waals surface area contributed by atoms with Gasteiger partial charge in [-0.25, -0.2) is 9.59 Å². The van der Waals surface area contributed by atoms with Crippen molar-refractivity contribution >= 4 is 35.1 Å². The molecule has 1 heterocycles. The molecular weight excluding hydrogens is 319 g/mol. The highest BCUT2D eigenvalue weighted by Crippen LogP contribution is 2.26. The van der Waals surface area contributed by atoms with Crippen molar-refractivity contribution in [3.8, 4) is 0 Å². The second kappa shape index (κ2) is 6.65. The number of methoxy groups -OCH3 is 1. The Morgan fingerprint density at radius 3 is 2.62 bits per heavy atom. The maximum atomic E-state index is 11.9. The van der Waals surface area contributed by atoms with Gasteiger partial charge in [-0.3, -0.25) is 0 Å². The molecular formula is C14H10Cl2O5. The molecule has 0 saturated heterocycles. The van der Waals surface area contributed by atoms with Crippen molar-refractivity contribution in [1.29, 1.82) is 0 Å². The van der Waals surface area contributed by atoms with Gasteiger partial charge in [0, 0.05) is 0 Å². The molecule has 0 saturated carbocycles. The van der Waals surface area contributed by atoms with Crippen LogP contribution in [0.15, 0.2) is 34.7 Å². The molecule has 110 valence electrons. The number of ether oxygens (including phenoxy) is 2. The molecule has 0 fully saturated rings. The summed E-state index contributed by atoms with van der Waals surface area (Å²) in [5.41, 5.74) is 0.156. The van der Waals surface area contributed by atoms with E-state index >= 15 is 0 Å². The minimum Gasteiger partial charge on any atom is -0.463 e. The smallest absolute Gasteiger partial charge is 0.373 e. The number of rotatable bonds is 4. The Bertz CT molecular complexity index is 678. The molecule has 2 rings (SSSR count). The quantitative estimate of drug-likeness (QED) is 0.800. The molecule has 0 N–H and O–H groups in total. The third-order valence-corrected chi connectivity index (χ3v) is 3.38. The molecule has 21 heavy (non-hydrogen) atoms. The van der Waals surface area contributed by atoms with Gasteiger partial charge in [-0.2, -0.15) is 0 Å². The number of halogens is 2. The molecule has 0 aliphatic carbocycles. The van der Waals surface area contributed by atoms with Crippen LogP contribution in [-0.4, -0.2) is 19.0 Å². The van der Waals surface area contributed by atoms with E-state index < -0.39 is 11.9 Å². The molecule has 0 aliphatic heterocycles. The van der Waals surface area contributed by atoms with Crippen molar-refractivity contribution in [3.05, 3.63) is 57.5 Å². The molecule has 0 atom stereocenters. The third-order valence-electron chi connectivity index (χ3n) is 2.57. The second-order valence-electron chi connectivity index (χ2n) is 3.94. The molecule has 5 nitrogen and oxygen atoms in total. The van der Waals surface area contributed by atoms with Crippen molar-refractivity contribution < 1.29 is 23.5 Å². The maximum absolute atomic E-state index is 11.9. The Hall–Kier alpha value is -1.98. The maximum Gasteiger partial charge on any atom is 0.373 e. The zero-order valence-electron chi connectivity index (χ0n) is 10.9. The molecule has 0 bridgehead atoms. The zero-order valence-corrected chi connectivity index (χ0v) is 12.4. The number of hydrogen-bond donors (Lipinski definition) is 0. The highest BCUT2D eigenvalue weighted by atomic mass is 35.5. The summed E-state index contributed by atoms with van der Waals surface area (Å²) in [6.45, 7) is -0.140. The van der Waals surface area contributed by atoms with Gasteiger partial charge in [-0.05, 0) is 24.3 Å². The van der Waals surface area contributed by atoms with Crippen LogP contribution in [-0.2, 0) is 16.1 Å². The highest BCUT2D eigenvalue weighted by molar-refractivity contribution is 6.43.